The van der Waals surface area contributed by atoms with Gasteiger partial charge in [0.05, 0.1) is 4.92 Å². The summed E-state index contributed by atoms with van der Waals surface area (Å²) >= 11 is 0. The molecule has 1 saturated heterocycles. The van der Waals surface area contributed by atoms with Crippen molar-refractivity contribution in [3.05, 3.63) is 34.4 Å². The normalized spacial score (nSPS) is 15.8. The van der Waals surface area contributed by atoms with Crippen LogP contribution in [0, 0.1) is 10.1 Å². The highest BCUT2D eigenvalue weighted by atomic mass is 16.6. The van der Waals surface area contributed by atoms with Gasteiger partial charge in [-0.15, -0.1) is 0 Å². The molecule has 1 fully saturated rings. The van der Waals surface area contributed by atoms with Crippen molar-refractivity contribution in [2.45, 2.75) is 38.6 Å². The number of nitro benzene ring substituents is 1. The molecule has 0 aliphatic carbocycles. The first-order chi connectivity index (χ1) is 10.1. The zero-order valence-corrected chi connectivity index (χ0v) is 12.2. The molecule has 0 aromatic heterocycles. The van der Waals surface area contributed by atoms with Crippen molar-refractivity contribution in [1.82, 2.24) is 5.32 Å². The molecule has 0 atom stereocenters. The van der Waals surface area contributed by atoms with E-state index >= 15 is 0 Å². The van der Waals surface area contributed by atoms with Crippen LogP contribution >= 0.6 is 0 Å². The van der Waals surface area contributed by atoms with Crippen LogP contribution in [0.1, 0.15) is 32.6 Å². The molecule has 21 heavy (non-hydrogen) atoms. The zero-order chi connectivity index (χ0) is 15.2. The summed E-state index contributed by atoms with van der Waals surface area (Å²) < 4.78 is 0. The van der Waals surface area contributed by atoms with Crippen LogP contribution in [0.5, 0.6) is 0 Å². The van der Waals surface area contributed by atoms with Gasteiger partial charge in [0.2, 0.25) is 5.91 Å². The summed E-state index contributed by atoms with van der Waals surface area (Å²) in [4.78, 5) is 24.2. The summed E-state index contributed by atoms with van der Waals surface area (Å²) in [5.41, 5.74) is 0.994. The first-order valence-electron chi connectivity index (χ1n) is 7.39. The van der Waals surface area contributed by atoms with Crippen molar-refractivity contribution >= 4 is 17.3 Å². The number of rotatable bonds is 5. The number of nitrogens with zero attached hydrogens (tertiary/aromatic N) is 2. The molecule has 114 valence electrons. The molecule has 0 radical (unpaired) electrons. The summed E-state index contributed by atoms with van der Waals surface area (Å²) in [7, 11) is 0. The Morgan fingerprint density at radius 1 is 1.43 bits per heavy atom. The van der Waals surface area contributed by atoms with Gasteiger partial charge in [0, 0.05) is 43.4 Å². The number of nitro groups is 1. The molecule has 6 heteroatoms. The maximum atomic E-state index is 11.6. The second-order valence-electron chi connectivity index (χ2n) is 5.36. The Morgan fingerprint density at radius 2 is 2.14 bits per heavy atom. The SMILES string of the molecule is CCCC(=O)NC1CCN(c2cccc([N+](=O)[O-])c2)CC1. The fraction of sp³-hybridized carbons (Fsp3) is 0.533. The number of amides is 1. The topological polar surface area (TPSA) is 75.5 Å². The molecule has 0 saturated carbocycles. The van der Waals surface area contributed by atoms with Crippen molar-refractivity contribution in [1.29, 1.82) is 0 Å². The Morgan fingerprint density at radius 3 is 2.76 bits per heavy atom. The molecule has 0 unspecified atom stereocenters. The summed E-state index contributed by atoms with van der Waals surface area (Å²) in [6, 6.07) is 6.93. The number of piperidine rings is 1. The lowest BCUT2D eigenvalue weighted by Gasteiger charge is -2.33. The van der Waals surface area contributed by atoms with E-state index in [1.54, 1.807) is 12.1 Å². The average molecular weight is 291 g/mol. The number of benzene rings is 1. The minimum atomic E-state index is -0.374. The van der Waals surface area contributed by atoms with Crippen molar-refractivity contribution in [2.24, 2.45) is 0 Å². The quantitative estimate of drug-likeness (QED) is 0.668. The summed E-state index contributed by atoms with van der Waals surface area (Å²) in [6.45, 7) is 3.60. The number of anilines is 1. The minimum Gasteiger partial charge on any atom is -0.371 e. The number of non-ortho nitro benzene ring substituents is 1. The van der Waals surface area contributed by atoms with Crippen LogP contribution in [0.3, 0.4) is 0 Å². The van der Waals surface area contributed by atoms with Crippen molar-refractivity contribution in [3.63, 3.8) is 0 Å². The number of nitrogens with one attached hydrogen (secondary N) is 1. The number of hydrogen-bond acceptors (Lipinski definition) is 4. The van der Waals surface area contributed by atoms with E-state index in [4.69, 9.17) is 0 Å². The molecule has 1 N–H and O–H groups in total. The molecule has 6 nitrogen and oxygen atoms in total. The fourth-order valence-corrected chi connectivity index (χ4v) is 2.61. The van der Waals surface area contributed by atoms with Crippen LogP contribution in [-0.4, -0.2) is 30.0 Å². The van der Waals surface area contributed by atoms with Gasteiger partial charge >= 0.3 is 0 Å². The number of carbonyl (C=O) groups excluding carboxylic acids is 1. The lowest BCUT2D eigenvalue weighted by atomic mass is 10.0. The van der Waals surface area contributed by atoms with Gasteiger partial charge in [-0.05, 0) is 25.3 Å². The average Bonchev–Trinajstić information content (AvgIpc) is 2.48. The van der Waals surface area contributed by atoms with E-state index in [0.717, 1.165) is 38.0 Å². The van der Waals surface area contributed by atoms with Gasteiger partial charge in [0.1, 0.15) is 0 Å². The molecule has 1 aromatic rings. The molecule has 1 aliphatic heterocycles. The summed E-state index contributed by atoms with van der Waals surface area (Å²) in [6.07, 6.45) is 3.18. The van der Waals surface area contributed by atoms with E-state index in [-0.39, 0.29) is 22.6 Å². The smallest absolute Gasteiger partial charge is 0.271 e. The predicted octanol–water partition coefficient (Wildman–Crippen LogP) is 2.48. The first kappa shape index (κ1) is 15.3. The highest BCUT2D eigenvalue weighted by Crippen LogP contribution is 2.24. The van der Waals surface area contributed by atoms with E-state index < -0.39 is 0 Å². The second-order valence-corrected chi connectivity index (χ2v) is 5.36. The van der Waals surface area contributed by atoms with Gasteiger partial charge in [-0.2, -0.15) is 0 Å². The molecule has 1 aliphatic rings. The number of hydrogen-bond donors (Lipinski definition) is 1. The monoisotopic (exact) mass is 291 g/mol. The van der Waals surface area contributed by atoms with Crippen LogP contribution in [0.2, 0.25) is 0 Å². The van der Waals surface area contributed by atoms with E-state index in [1.165, 1.54) is 6.07 Å². The van der Waals surface area contributed by atoms with E-state index in [0.29, 0.717) is 6.42 Å². The van der Waals surface area contributed by atoms with Gasteiger partial charge in [0.25, 0.3) is 5.69 Å². The Hall–Kier alpha value is -2.11. The maximum Gasteiger partial charge on any atom is 0.271 e. The number of carbonyl (C=O) groups is 1. The Labute approximate surface area is 124 Å². The summed E-state index contributed by atoms with van der Waals surface area (Å²) in [5.74, 6) is 0.117. The Kier molecular flexibility index (Phi) is 5.14. The van der Waals surface area contributed by atoms with Crippen LogP contribution < -0.4 is 10.2 Å². The Bertz CT molecular complexity index is 511. The standard InChI is InChI=1S/C15H21N3O3/c1-2-4-15(19)16-12-7-9-17(10-8-12)13-5-3-6-14(11-13)18(20)21/h3,5-6,11-12H,2,4,7-10H2,1H3,(H,16,19). The highest BCUT2D eigenvalue weighted by Gasteiger charge is 2.21. The lowest BCUT2D eigenvalue weighted by Crippen LogP contribution is -2.44. The third kappa shape index (κ3) is 4.18. The first-order valence-corrected chi connectivity index (χ1v) is 7.39. The van der Waals surface area contributed by atoms with Crippen molar-refractivity contribution < 1.29 is 9.72 Å². The minimum absolute atomic E-state index is 0.117. The van der Waals surface area contributed by atoms with E-state index in [2.05, 4.69) is 10.2 Å². The molecular weight excluding hydrogens is 270 g/mol. The van der Waals surface area contributed by atoms with Crippen molar-refractivity contribution in [3.8, 4) is 0 Å². The molecular formula is C15H21N3O3. The van der Waals surface area contributed by atoms with Crippen LogP contribution in [-0.2, 0) is 4.79 Å². The molecule has 1 amide bonds. The second kappa shape index (κ2) is 7.06. The molecule has 1 heterocycles. The molecule has 0 bridgehead atoms. The molecule has 0 spiro atoms. The summed E-state index contributed by atoms with van der Waals surface area (Å²) in [5, 5.41) is 13.9. The Balaban J connectivity index is 1.90. The lowest BCUT2D eigenvalue weighted by molar-refractivity contribution is -0.384. The zero-order valence-electron chi connectivity index (χ0n) is 12.2. The van der Waals surface area contributed by atoms with Gasteiger partial charge in [-0.3, -0.25) is 14.9 Å². The van der Waals surface area contributed by atoms with Gasteiger partial charge in [0.15, 0.2) is 0 Å². The van der Waals surface area contributed by atoms with Crippen LogP contribution in [0.25, 0.3) is 0 Å². The molecule has 2 rings (SSSR count). The highest BCUT2D eigenvalue weighted by molar-refractivity contribution is 5.76. The third-order valence-corrected chi connectivity index (χ3v) is 3.74. The van der Waals surface area contributed by atoms with Crippen LogP contribution in [0.4, 0.5) is 11.4 Å². The van der Waals surface area contributed by atoms with Gasteiger partial charge < -0.3 is 10.2 Å². The third-order valence-electron chi connectivity index (χ3n) is 3.74. The fourth-order valence-electron chi connectivity index (χ4n) is 2.61. The predicted molar refractivity (Wildman–Crippen MR) is 81.4 cm³/mol. The molecule has 1 aromatic carbocycles. The van der Waals surface area contributed by atoms with Gasteiger partial charge in [-0.1, -0.05) is 13.0 Å². The van der Waals surface area contributed by atoms with Gasteiger partial charge in [-0.25, -0.2) is 0 Å². The van der Waals surface area contributed by atoms with E-state index in [9.17, 15) is 14.9 Å². The maximum absolute atomic E-state index is 11.6. The largest absolute Gasteiger partial charge is 0.371 e. The van der Waals surface area contributed by atoms with E-state index in [1.807, 2.05) is 13.0 Å². The van der Waals surface area contributed by atoms with Crippen molar-refractivity contribution in [2.75, 3.05) is 18.0 Å². The van der Waals surface area contributed by atoms with Crippen LogP contribution in [0.15, 0.2) is 24.3 Å².